The van der Waals surface area contributed by atoms with Gasteiger partial charge in [0, 0.05) is 0 Å². The first-order chi connectivity index (χ1) is 4.38. The molecule has 2 nitrogen and oxygen atoms in total. The van der Waals surface area contributed by atoms with Crippen LogP contribution in [0.2, 0.25) is 0 Å². The molecule has 0 saturated carbocycles. The summed E-state index contributed by atoms with van der Waals surface area (Å²) in [5.41, 5.74) is 0. The molecule has 1 unspecified atom stereocenters. The number of amides is 1. The summed E-state index contributed by atoms with van der Waals surface area (Å²) in [6.07, 6.45) is 0. The Morgan fingerprint density at radius 3 is 2.10 bits per heavy atom. The molecule has 1 fully saturated rings. The minimum absolute atomic E-state index is 0.507. The molecule has 1 rings (SSSR count). The molecule has 1 heterocycles. The van der Waals surface area contributed by atoms with Crippen LogP contribution in [0.15, 0.2) is 0 Å². The molecule has 7 heteroatoms. The van der Waals surface area contributed by atoms with Gasteiger partial charge in [0.2, 0.25) is 7.45 Å². The van der Waals surface area contributed by atoms with Gasteiger partial charge in [0.25, 0.3) is 5.91 Å². The smallest absolute Gasteiger partial charge is 0.270 e. The molecule has 1 aliphatic heterocycles. The molecular formula is C3HBrCl3NOS. The van der Waals surface area contributed by atoms with Gasteiger partial charge in [-0.15, -0.1) is 0 Å². The highest BCUT2D eigenvalue weighted by Gasteiger charge is 2.59. The molecule has 1 saturated heterocycles. The maximum absolute atomic E-state index is 10.8. The molecule has 1 amide bonds. The third-order valence-electron chi connectivity index (χ3n) is 0.923. The fourth-order valence-corrected chi connectivity index (χ4v) is 2.03. The molecule has 58 valence electrons. The highest BCUT2D eigenvalue weighted by molar-refractivity contribution is 9.12. The van der Waals surface area contributed by atoms with Crippen LogP contribution in [0.1, 0.15) is 0 Å². The largest absolute Gasteiger partial charge is 0.295 e. The maximum atomic E-state index is 10.8. The zero-order chi connectivity index (χ0) is 7.99. The minimum atomic E-state index is -1.61. The van der Waals surface area contributed by atoms with Gasteiger partial charge in [-0.2, -0.15) is 0 Å². The zero-order valence-electron chi connectivity index (χ0n) is 4.33. The van der Waals surface area contributed by atoms with E-state index in [1.807, 2.05) is 0 Å². The van der Waals surface area contributed by atoms with Crippen LogP contribution in [0.3, 0.4) is 0 Å². The van der Waals surface area contributed by atoms with E-state index in [4.69, 9.17) is 34.8 Å². The van der Waals surface area contributed by atoms with Crippen molar-refractivity contribution < 1.29 is 4.79 Å². The van der Waals surface area contributed by atoms with Crippen molar-refractivity contribution in [2.45, 2.75) is 7.45 Å². The Morgan fingerprint density at radius 1 is 1.50 bits per heavy atom. The lowest BCUT2D eigenvalue weighted by atomic mass is 10.4. The van der Waals surface area contributed by atoms with E-state index in [1.165, 1.54) is 0 Å². The van der Waals surface area contributed by atoms with Gasteiger partial charge >= 0.3 is 0 Å². The normalized spacial score (nSPS) is 37.8. The number of hydrogen-bond donors (Lipinski definition) is 1. The molecule has 0 radical (unpaired) electrons. The van der Waals surface area contributed by atoms with E-state index < -0.39 is 13.4 Å². The summed E-state index contributed by atoms with van der Waals surface area (Å²) in [5, 5.41) is 0. The van der Waals surface area contributed by atoms with Crippen LogP contribution in [0, 0.1) is 0 Å². The molecular weight excluding hydrogens is 284 g/mol. The molecule has 0 aliphatic carbocycles. The summed E-state index contributed by atoms with van der Waals surface area (Å²) in [5.74, 6) is -0.507. The summed E-state index contributed by atoms with van der Waals surface area (Å²) < 4.78 is -0.443. The third-order valence-corrected chi connectivity index (χ3v) is 5.15. The van der Waals surface area contributed by atoms with Gasteiger partial charge in [0.05, 0.1) is 0 Å². The van der Waals surface area contributed by atoms with E-state index in [9.17, 15) is 4.79 Å². The predicted octanol–water partition coefficient (Wildman–Crippen LogP) is 2.23. The Kier molecular flexibility index (Phi) is 2.40. The van der Waals surface area contributed by atoms with Crippen LogP contribution in [-0.4, -0.2) is 13.4 Å². The Hall–Kier alpha value is 1.17. The number of carbonyl (C=O) groups is 1. The second kappa shape index (κ2) is 2.59. The molecule has 0 aromatic heterocycles. The van der Waals surface area contributed by atoms with E-state index >= 15 is 0 Å². The van der Waals surface area contributed by atoms with Crippen LogP contribution in [0.5, 0.6) is 0 Å². The van der Waals surface area contributed by atoms with Crippen LogP contribution in [0.4, 0.5) is 0 Å². The van der Waals surface area contributed by atoms with Gasteiger partial charge in [0.1, 0.15) is 0 Å². The average Bonchev–Trinajstić information content (AvgIpc) is 1.94. The van der Waals surface area contributed by atoms with Crippen molar-refractivity contribution in [1.82, 2.24) is 4.72 Å². The zero-order valence-corrected chi connectivity index (χ0v) is 9.00. The number of halogens is 4. The first kappa shape index (κ1) is 9.26. The van der Waals surface area contributed by atoms with Gasteiger partial charge in [-0.25, -0.2) is 0 Å². The summed E-state index contributed by atoms with van der Waals surface area (Å²) in [6.45, 7) is 0. The molecule has 0 spiro atoms. The van der Waals surface area contributed by atoms with Crippen molar-refractivity contribution in [2.24, 2.45) is 0 Å². The van der Waals surface area contributed by atoms with Gasteiger partial charge in [-0.1, -0.05) is 34.8 Å². The second-order valence-corrected chi connectivity index (χ2v) is 6.93. The Balaban J connectivity index is 2.95. The summed E-state index contributed by atoms with van der Waals surface area (Å²) in [7, 11) is 0. The fourth-order valence-electron chi connectivity index (χ4n) is 0.371. The fraction of sp³-hybridized carbons (Fsp3) is 0.667. The lowest BCUT2D eigenvalue weighted by Gasteiger charge is -2.18. The molecule has 1 N–H and O–H groups in total. The van der Waals surface area contributed by atoms with Gasteiger partial charge in [-0.05, 0) is 27.9 Å². The lowest BCUT2D eigenvalue weighted by molar-refractivity contribution is -0.119. The highest BCUT2D eigenvalue weighted by atomic mass is 79.9. The first-order valence-corrected chi connectivity index (χ1v) is 4.86. The molecule has 10 heavy (non-hydrogen) atoms. The highest BCUT2D eigenvalue weighted by Crippen LogP contribution is 2.54. The summed E-state index contributed by atoms with van der Waals surface area (Å²) in [6, 6.07) is 0. The molecule has 1 aliphatic rings. The second-order valence-electron chi connectivity index (χ2n) is 1.62. The van der Waals surface area contributed by atoms with E-state index in [1.54, 1.807) is 0 Å². The number of hydrogen-bond acceptors (Lipinski definition) is 2. The molecule has 0 aromatic carbocycles. The Labute approximate surface area is 85.2 Å². The number of alkyl halides is 4. The molecule has 1 atom stereocenters. The van der Waals surface area contributed by atoms with E-state index in [2.05, 4.69) is 20.7 Å². The first-order valence-electron chi connectivity index (χ1n) is 2.12. The lowest BCUT2D eigenvalue weighted by Crippen LogP contribution is -2.35. The topological polar surface area (TPSA) is 29.1 Å². The minimum Gasteiger partial charge on any atom is -0.295 e. The van der Waals surface area contributed by atoms with Gasteiger partial charge < -0.3 is 0 Å². The van der Waals surface area contributed by atoms with Crippen molar-refractivity contribution in [3.05, 3.63) is 0 Å². The summed E-state index contributed by atoms with van der Waals surface area (Å²) in [4.78, 5) is 10.8. The molecule has 0 aromatic rings. The Morgan fingerprint density at radius 2 is 2.00 bits per heavy atom. The van der Waals surface area contributed by atoms with Gasteiger partial charge in [-0.3, -0.25) is 9.52 Å². The SMILES string of the molecule is O=C1NSC(Cl)(Br)C1(Cl)Cl. The third kappa shape index (κ3) is 1.25. The summed E-state index contributed by atoms with van der Waals surface area (Å²) >= 11 is 20.7. The van der Waals surface area contributed by atoms with Crippen molar-refractivity contribution >= 4 is 68.6 Å². The molecule has 0 bridgehead atoms. The standard InChI is InChI=1S/C3HBrCl3NOS/c4-3(7)2(5,6)1(9)8-10-3/h(H,8,9). The number of rotatable bonds is 0. The average molecular weight is 285 g/mol. The number of carbonyl (C=O) groups excluding carboxylic acids is 1. The quantitative estimate of drug-likeness (QED) is 0.546. The predicted molar refractivity (Wildman–Crippen MR) is 47.7 cm³/mol. The van der Waals surface area contributed by atoms with E-state index in [0.717, 1.165) is 11.9 Å². The van der Waals surface area contributed by atoms with Crippen molar-refractivity contribution in [3.8, 4) is 0 Å². The van der Waals surface area contributed by atoms with Crippen LogP contribution >= 0.6 is 62.7 Å². The van der Waals surface area contributed by atoms with Crippen LogP contribution < -0.4 is 4.72 Å². The van der Waals surface area contributed by atoms with Crippen LogP contribution in [0.25, 0.3) is 0 Å². The van der Waals surface area contributed by atoms with Crippen molar-refractivity contribution in [2.75, 3.05) is 0 Å². The number of nitrogens with one attached hydrogen (secondary N) is 1. The van der Waals surface area contributed by atoms with Crippen LogP contribution in [-0.2, 0) is 4.79 Å². The van der Waals surface area contributed by atoms with E-state index in [-0.39, 0.29) is 0 Å². The van der Waals surface area contributed by atoms with Gasteiger partial charge in [0.15, 0.2) is 0 Å². The van der Waals surface area contributed by atoms with Crippen molar-refractivity contribution in [1.29, 1.82) is 0 Å². The maximum Gasteiger partial charge on any atom is 0.270 e. The van der Waals surface area contributed by atoms with E-state index in [0.29, 0.717) is 0 Å². The monoisotopic (exact) mass is 283 g/mol. The Bertz CT molecular complexity index is 185. The van der Waals surface area contributed by atoms with Crippen molar-refractivity contribution in [3.63, 3.8) is 0 Å².